The number of nitro groups is 1. The SMILES string of the molecule is O=[N+]([O-])c1cnc(NC2CCNCC2)nc1NC1CCCCC1. The Kier molecular flexibility index (Phi) is 5.22. The summed E-state index contributed by atoms with van der Waals surface area (Å²) in [7, 11) is 0. The van der Waals surface area contributed by atoms with Crippen LogP contribution in [0.1, 0.15) is 44.9 Å². The van der Waals surface area contributed by atoms with Crippen LogP contribution in [0.25, 0.3) is 0 Å². The van der Waals surface area contributed by atoms with Gasteiger partial charge >= 0.3 is 5.69 Å². The molecule has 1 aromatic heterocycles. The number of anilines is 2. The van der Waals surface area contributed by atoms with Crippen LogP contribution in [0.4, 0.5) is 17.5 Å². The first kappa shape index (κ1) is 15.9. The average molecular weight is 320 g/mol. The minimum absolute atomic E-state index is 0.0496. The monoisotopic (exact) mass is 320 g/mol. The molecule has 8 heteroatoms. The van der Waals surface area contributed by atoms with E-state index in [2.05, 4.69) is 25.9 Å². The molecule has 1 saturated carbocycles. The standard InChI is InChI=1S/C15H24N6O2/c22-21(23)13-10-17-15(19-12-6-8-16-9-7-12)20-14(13)18-11-4-2-1-3-5-11/h10-12,16H,1-9H2,(H2,17,18,19,20). The van der Waals surface area contributed by atoms with Crippen molar-refractivity contribution in [2.45, 2.75) is 57.0 Å². The van der Waals surface area contributed by atoms with Crippen LogP contribution in [0.5, 0.6) is 0 Å². The highest BCUT2D eigenvalue weighted by Crippen LogP contribution is 2.27. The normalized spacial score (nSPS) is 20.2. The highest BCUT2D eigenvalue weighted by Gasteiger charge is 2.22. The molecule has 0 spiro atoms. The van der Waals surface area contributed by atoms with Crippen molar-refractivity contribution in [3.05, 3.63) is 16.3 Å². The fourth-order valence-corrected chi connectivity index (χ4v) is 3.27. The lowest BCUT2D eigenvalue weighted by atomic mass is 9.95. The second-order valence-electron chi connectivity index (χ2n) is 6.33. The Labute approximate surface area is 135 Å². The molecule has 8 nitrogen and oxygen atoms in total. The largest absolute Gasteiger partial charge is 0.361 e. The molecular formula is C15H24N6O2. The zero-order chi connectivity index (χ0) is 16.1. The number of rotatable bonds is 5. The van der Waals surface area contributed by atoms with E-state index in [1.807, 2.05) is 0 Å². The van der Waals surface area contributed by atoms with Gasteiger partial charge in [-0.05, 0) is 38.8 Å². The predicted molar refractivity (Wildman–Crippen MR) is 88.7 cm³/mol. The first-order chi connectivity index (χ1) is 11.2. The van der Waals surface area contributed by atoms with Crippen LogP contribution in [0.3, 0.4) is 0 Å². The Bertz CT molecular complexity index is 541. The van der Waals surface area contributed by atoms with Crippen molar-refractivity contribution in [1.82, 2.24) is 15.3 Å². The lowest BCUT2D eigenvalue weighted by Crippen LogP contribution is -2.35. The van der Waals surface area contributed by atoms with Gasteiger partial charge in [0.2, 0.25) is 11.8 Å². The van der Waals surface area contributed by atoms with Gasteiger partial charge in [-0.1, -0.05) is 19.3 Å². The number of nitrogens with zero attached hydrogens (tertiary/aromatic N) is 3. The van der Waals surface area contributed by atoms with E-state index in [0.29, 0.717) is 17.8 Å². The van der Waals surface area contributed by atoms with E-state index in [1.165, 1.54) is 12.6 Å². The highest BCUT2D eigenvalue weighted by molar-refractivity contribution is 5.57. The molecule has 2 aliphatic rings. The molecule has 23 heavy (non-hydrogen) atoms. The maximum absolute atomic E-state index is 11.2. The highest BCUT2D eigenvalue weighted by atomic mass is 16.6. The Balaban J connectivity index is 1.73. The summed E-state index contributed by atoms with van der Waals surface area (Å²) < 4.78 is 0. The van der Waals surface area contributed by atoms with Gasteiger partial charge in [0.1, 0.15) is 6.20 Å². The number of hydrogen-bond acceptors (Lipinski definition) is 7. The maximum Gasteiger partial charge on any atom is 0.329 e. The third-order valence-electron chi connectivity index (χ3n) is 4.58. The van der Waals surface area contributed by atoms with E-state index in [4.69, 9.17) is 0 Å². The van der Waals surface area contributed by atoms with Crippen molar-refractivity contribution in [2.24, 2.45) is 0 Å². The summed E-state index contributed by atoms with van der Waals surface area (Å²) in [6, 6.07) is 0.587. The Morgan fingerprint density at radius 3 is 2.48 bits per heavy atom. The number of aromatic nitrogens is 2. The fourth-order valence-electron chi connectivity index (χ4n) is 3.27. The number of piperidine rings is 1. The van der Waals surface area contributed by atoms with E-state index in [-0.39, 0.29) is 11.7 Å². The molecule has 1 aromatic rings. The molecule has 126 valence electrons. The van der Waals surface area contributed by atoms with Gasteiger partial charge in [0.05, 0.1) is 4.92 Å². The van der Waals surface area contributed by atoms with Crippen molar-refractivity contribution >= 4 is 17.5 Å². The molecule has 0 amide bonds. The Hall–Kier alpha value is -1.96. The predicted octanol–water partition coefficient (Wildman–Crippen LogP) is 2.29. The van der Waals surface area contributed by atoms with E-state index < -0.39 is 4.92 Å². The molecule has 0 unspecified atom stereocenters. The fraction of sp³-hybridized carbons (Fsp3) is 0.733. The Morgan fingerprint density at radius 2 is 1.78 bits per heavy atom. The summed E-state index contributed by atoms with van der Waals surface area (Å²) >= 11 is 0. The summed E-state index contributed by atoms with van der Waals surface area (Å²) in [4.78, 5) is 19.3. The first-order valence-corrected chi connectivity index (χ1v) is 8.47. The van der Waals surface area contributed by atoms with Gasteiger partial charge < -0.3 is 16.0 Å². The van der Waals surface area contributed by atoms with Crippen LogP contribution < -0.4 is 16.0 Å². The molecular weight excluding hydrogens is 296 g/mol. The summed E-state index contributed by atoms with van der Waals surface area (Å²) in [5.41, 5.74) is -0.0496. The zero-order valence-electron chi connectivity index (χ0n) is 13.3. The van der Waals surface area contributed by atoms with E-state index in [0.717, 1.165) is 51.6 Å². The van der Waals surface area contributed by atoms with Gasteiger partial charge in [0, 0.05) is 12.1 Å². The van der Waals surface area contributed by atoms with Gasteiger partial charge in [-0.15, -0.1) is 0 Å². The molecule has 0 bridgehead atoms. The van der Waals surface area contributed by atoms with E-state index >= 15 is 0 Å². The minimum atomic E-state index is -0.417. The van der Waals surface area contributed by atoms with Crippen molar-refractivity contribution in [3.63, 3.8) is 0 Å². The summed E-state index contributed by atoms with van der Waals surface area (Å²) in [6.45, 7) is 1.94. The number of nitrogens with one attached hydrogen (secondary N) is 3. The second kappa shape index (κ2) is 7.54. The van der Waals surface area contributed by atoms with Crippen LogP contribution in [-0.4, -0.2) is 40.1 Å². The molecule has 0 aromatic carbocycles. The van der Waals surface area contributed by atoms with E-state index in [1.54, 1.807) is 0 Å². The van der Waals surface area contributed by atoms with Gasteiger partial charge in [-0.3, -0.25) is 10.1 Å². The molecule has 2 fully saturated rings. The molecule has 1 aliphatic heterocycles. The van der Waals surface area contributed by atoms with Crippen LogP contribution in [0.2, 0.25) is 0 Å². The molecule has 3 rings (SSSR count). The van der Waals surface area contributed by atoms with Gasteiger partial charge in [-0.25, -0.2) is 4.98 Å². The van der Waals surface area contributed by atoms with Gasteiger partial charge in [-0.2, -0.15) is 4.98 Å². The summed E-state index contributed by atoms with van der Waals surface area (Å²) in [6.07, 6.45) is 8.97. The van der Waals surface area contributed by atoms with Crippen molar-refractivity contribution in [1.29, 1.82) is 0 Å². The minimum Gasteiger partial charge on any atom is -0.361 e. The smallest absolute Gasteiger partial charge is 0.329 e. The third-order valence-corrected chi connectivity index (χ3v) is 4.58. The summed E-state index contributed by atoms with van der Waals surface area (Å²) in [5.74, 6) is 0.814. The molecule has 1 aliphatic carbocycles. The van der Waals surface area contributed by atoms with Crippen LogP contribution in [0, 0.1) is 10.1 Å². The molecule has 1 saturated heterocycles. The topological polar surface area (TPSA) is 105 Å². The molecule has 3 N–H and O–H groups in total. The van der Waals surface area contributed by atoms with Crippen molar-refractivity contribution in [3.8, 4) is 0 Å². The maximum atomic E-state index is 11.2. The van der Waals surface area contributed by atoms with Crippen molar-refractivity contribution in [2.75, 3.05) is 23.7 Å². The lowest BCUT2D eigenvalue weighted by molar-refractivity contribution is -0.384. The summed E-state index contributed by atoms with van der Waals surface area (Å²) in [5, 5.41) is 21.1. The molecule has 0 atom stereocenters. The second-order valence-corrected chi connectivity index (χ2v) is 6.33. The first-order valence-electron chi connectivity index (χ1n) is 8.47. The zero-order valence-corrected chi connectivity index (χ0v) is 13.3. The van der Waals surface area contributed by atoms with Crippen molar-refractivity contribution < 1.29 is 4.92 Å². The lowest BCUT2D eigenvalue weighted by Gasteiger charge is -2.25. The van der Waals surface area contributed by atoms with E-state index in [9.17, 15) is 10.1 Å². The van der Waals surface area contributed by atoms with Crippen LogP contribution in [-0.2, 0) is 0 Å². The van der Waals surface area contributed by atoms with Crippen LogP contribution >= 0.6 is 0 Å². The Morgan fingerprint density at radius 1 is 1.09 bits per heavy atom. The quantitative estimate of drug-likeness (QED) is 0.564. The third kappa shape index (κ3) is 4.28. The molecule has 2 heterocycles. The van der Waals surface area contributed by atoms with Gasteiger partial charge in [0.15, 0.2) is 0 Å². The van der Waals surface area contributed by atoms with Crippen LogP contribution in [0.15, 0.2) is 6.20 Å². The van der Waals surface area contributed by atoms with Gasteiger partial charge in [0.25, 0.3) is 0 Å². The number of hydrogen-bond donors (Lipinski definition) is 3. The average Bonchev–Trinajstić information content (AvgIpc) is 2.57. The molecule has 0 radical (unpaired) electrons.